The largest absolute Gasteiger partial charge is 0.486 e. The summed E-state index contributed by atoms with van der Waals surface area (Å²) in [5, 5.41) is 6.12. The standard InChI is InChI=1S/C18H20ClN3O3S/c1-2-15-18(24)20-7-8-22(15)17(23)9-13-11-26-16(21-13)10-25-14-5-3-12(19)4-6-14/h3-6,11,15H,2,7-10H2,1H3,(H,20,24). The van der Waals surface area contributed by atoms with E-state index in [1.54, 1.807) is 29.2 Å². The van der Waals surface area contributed by atoms with E-state index in [2.05, 4.69) is 10.3 Å². The zero-order valence-corrected chi connectivity index (χ0v) is 16.0. The molecule has 1 N–H and O–H groups in total. The number of amides is 2. The van der Waals surface area contributed by atoms with Crippen molar-refractivity contribution in [3.8, 4) is 5.75 Å². The molecule has 0 spiro atoms. The predicted octanol–water partition coefficient (Wildman–Crippen LogP) is 2.66. The summed E-state index contributed by atoms with van der Waals surface area (Å²) < 4.78 is 5.67. The lowest BCUT2D eigenvalue weighted by molar-refractivity contribution is -0.142. The maximum absolute atomic E-state index is 12.6. The number of carbonyl (C=O) groups is 2. The van der Waals surface area contributed by atoms with Crippen LogP contribution in [0.2, 0.25) is 5.02 Å². The van der Waals surface area contributed by atoms with Crippen molar-refractivity contribution in [2.24, 2.45) is 0 Å². The maximum Gasteiger partial charge on any atom is 0.242 e. The average Bonchev–Trinajstić information content (AvgIpc) is 3.08. The number of rotatable bonds is 6. The predicted molar refractivity (Wildman–Crippen MR) is 100 cm³/mol. The van der Waals surface area contributed by atoms with Crippen molar-refractivity contribution in [1.82, 2.24) is 15.2 Å². The van der Waals surface area contributed by atoms with Crippen LogP contribution in [-0.4, -0.2) is 40.8 Å². The minimum Gasteiger partial charge on any atom is -0.486 e. The third kappa shape index (κ3) is 4.53. The fraction of sp³-hybridized carbons (Fsp3) is 0.389. The van der Waals surface area contributed by atoms with E-state index in [-0.39, 0.29) is 24.3 Å². The maximum atomic E-state index is 12.6. The van der Waals surface area contributed by atoms with Gasteiger partial charge in [-0.15, -0.1) is 11.3 Å². The first-order chi connectivity index (χ1) is 12.6. The van der Waals surface area contributed by atoms with Gasteiger partial charge in [0.25, 0.3) is 0 Å². The van der Waals surface area contributed by atoms with Gasteiger partial charge in [-0.25, -0.2) is 4.98 Å². The van der Waals surface area contributed by atoms with Crippen LogP contribution in [0.4, 0.5) is 0 Å². The van der Waals surface area contributed by atoms with Gasteiger partial charge in [-0.1, -0.05) is 18.5 Å². The smallest absolute Gasteiger partial charge is 0.242 e. The summed E-state index contributed by atoms with van der Waals surface area (Å²) in [7, 11) is 0. The number of aromatic nitrogens is 1. The van der Waals surface area contributed by atoms with Crippen LogP contribution in [0.1, 0.15) is 24.0 Å². The fourth-order valence-electron chi connectivity index (χ4n) is 2.85. The molecule has 2 heterocycles. The molecule has 2 aromatic rings. The number of carbonyl (C=O) groups excluding carboxylic acids is 2. The third-order valence-electron chi connectivity index (χ3n) is 4.15. The molecular weight excluding hydrogens is 374 g/mol. The SMILES string of the molecule is CCC1C(=O)NCCN1C(=O)Cc1csc(COc2ccc(Cl)cc2)n1. The summed E-state index contributed by atoms with van der Waals surface area (Å²) >= 11 is 7.30. The van der Waals surface area contributed by atoms with Crippen LogP contribution in [0, 0.1) is 0 Å². The van der Waals surface area contributed by atoms with Gasteiger partial charge in [0, 0.05) is 23.5 Å². The zero-order valence-electron chi connectivity index (χ0n) is 14.4. The van der Waals surface area contributed by atoms with E-state index in [1.807, 2.05) is 12.3 Å². The molecule has 1 atom stereocenters. The molecule has 138 valence electrons. The summed E-state index contributed by atoms with van der Waals surface area (Å²) in [4.78, 5) is 30.6. The van der Waals surface area contributed by atoms with E-state index < -0.39 is 0 Å². The Balaban J connectivity index is 1.56. The molecule has 1 saturated heterocycles. The first-order valence-electron chi connectivity index (χ1n) is 8.45. The van der Waals surface area contributed by atoms with Crippen LogP contribution < -0.4 is 10.1 Å². The fourth-order valence-corrected chi connectivity index (χ4v) is 3.68. The summed E-state index contributed by atoms with van der Waals surface area (Å²) in [5.74, 6) is 0.567. The van der Waals surface area contributed by atoms with Crippen LogP contribution in [0.25, 0.3) is 0 Å². The average molecular weight is 394 g/mol. The lowest BCUT2D eigenvalue weighted by Gasteiger charge is -2.34. The number of nitrogens with zero attached hydrogens (tertiary/aromatic N) is 2. The van der Waals surface area contributed by atoms with E-state index in [0.29, 0.717) is 42.6 Å². The number of nitrogens with one attached hydrogen (secondary N) is 1. The van der Waals surface area contributed by atoms with Gasteiger partial charge in [0.15, 0.2) is 0 Å². The quantitative estimate of drug-likeness (QED) is 0.819. The second kappa shape index (κ2) is 8.51. The van der Waals surface area contributed by atoms with Crippen molar-refractivity contribution in [1.29, 1.82) is 0 Å². The first kappa shape index (κ1) is 18.7. The van der Waals surface area contributed by atoms with E-state index in [0.717, 1.165) is 5.01 Å². The topological polar surface area (TPSA) is 71.5 Å². The van der Waals surface area contributed by atoms with Gasteiger partial charge in [-0.3, -0.25) is 9.59 Å². The van der Waals surface area contributed by atoms with Crippen molar-refractivity contribution in [3.63, 3.8) is 0 Å². The third-order valence-corrected chi connectivity index (χ3v) is 5.27. The minimum absolute atomic E-state index is 0.0674. The second-order valence-corrected chi connectivity index (χ2v) is 7.33. The highest BCUT2D eigenvalue weighted by atomic mass is 35.5. The molecule has 1 aromatic carbocycles. The highest BCUT2D eigenvalue weighted by Crippen LogP contribution is 2.19. The van der Waals surface area contributed by atoms with Crippen LogP contribution >= 0.6 is 22.9 Å². The molecule has 0 aliphatic carbocycles. The second-order valence-electron chi connectivity index (χ2n) is 5.95. The first-order valence-corrected chi connectivity index (χ1v) is 9.71. The van der Waals surface area contributed by atoms with Crippen molar-refractivity contribution >= 4 is 34.8 Å². The van der Waals surface area contributed by atoms with Crippen LogP contribution in [0.3, 0.4) is 0 Å². The van der Waals surface area contributed by atoms with E-state index in [1.165, 1.54) is 11.3 Å². The van der Waals surface area contributed by atoms with Crippen molar-refractivity contribution < 1.29 is 14.3 Å². The van der Waals surface area contributed by atoms with Gasteiger partial charge in [0.1, 0.15) is 23.4 Å². The van der Waals surface area contributed by atoms with Crippen molar-refractivity contribution in [2.75, 3.05) is 13.1 Å². The van der Waals surface area contributed by atoms with E-state index in [4.69, 9.17) is 16.3 Å². The van der Waals surface area contributed by atoms with Crippen molar-refractivity contribution in [2.45, 2.75) is 32.4 Å². The summed E-state index contributed by atoms with van der Waals surface area (Å²) in [6.45, 7) is 3.28. The molecule has 6 nitrogen and oxygen atoms in total. The highest BCUT2D eigenvalue weighted by Gasteiger charge is 2.31. The van der Waals surface area contributed by atoms with Gasteiger partial charge in [0.2, 0.25) is 11.8 Å². The van der Waals surface area contributed by atoms with Gasteiger partial charge in [-0.05, 0) is 30.7 Å². The summed E-state index contributed by atoms with van der Waals surface area (Å²) in [5.41, 5.74) is 0.704. The normalized spacial score (nSPS) is 17.1. The van der Waals surface area contributed by atoms with Crippen LogP contribution in [-0.2, 0) is 22.6 Å². The number of benzene rings is 1. The Labute approximate surface area is 161 Å². The van der Waals surface area contributed by atoms with Gasteiger partial charge < -0.3 is 15.0 Å². The summed E-state index contributed by atoms with van der Waals surface area (Å²) in [6, 6.07) is 6.74. The Morgan fingerprint density at radius 2 is 2.19 bits per heavy atom. The molecule has 1 fully saturated rings. The van der Waals surface area contributed by atoms with Crippen molar-refractivity contribution in [3.05, 3.63) is 45.4 Å². The van der Waals surface area contributed by atoms with Crippen LogP contribution in [0.5, 0.6) is 5.75 Å². The Morgan fingerprint density at radius 3 is 2.92 bits per heavy atom. The Morgan fingerprint density at radius 1 is 1.42 bits per heavy atom. The van der Waals surface area contributed by atoms with Crippen LogP contribution in [0.15, 0.2) is 29.6 Å². The monoisotopic (exact) mass is 393 g/mol. The minimum atomic E-state index is -0.386. The molecule has 0 bridgehead atoms. The Kier molecular flexibility index (Phi) is 6.11. The van der Waals surface area contributed by atoms with E-state index >= 15 is 0 Å². The zero-order chi connectivity index (χ0) is 18.5. The highest BCUT2D eigenvalue weighted by molar-refractivity contribution is 7.09. The molecule has 1 aliphatic heterocycles. The molecule has 26 heavy (non-hydrogen) atoms. The number of piperazine rings is 1. The summed E-state index contributed by atoms with van der Waals surface area (Å²) in [6.07, 6.45) is 0.802. The van der Waals surface area contributed by atoms with Gasteiger partial charge in [0.05, 0.1) is 12.1 Å². The lowest BCUT2D eigenvalue weighted by Crippen LogP contribution is -2.57. The molecule has 0 radical (unpaired) electrons. The number of hydrogen-bond acceptors (Lipinski definition) is 5. The number of ether oxygens (including phenoxy) is 1. The number of halogens is 1. The Bertz CT molecular complexity index is 778. The lowest BCUT2D eigenvalue weighted by atomic mass is 10.1. The molecule has 0 saturated carbocycles. The molecule has 2 amide bonds. The number of thiazole rings is 1. The molecule has 8 heteroatoms. The number of hydrogen-bond donors (Lipinski definition) is 1. The van der Waals surface area contributed by atoms with Gasteiger partial charge >= 0.3 is 0 Å². The molecule has 1 aliphatic rings. The van der Waals surface area contributed by atoms with Gasteiger partial charge in [-0.2, -0.15) is 0 Å². The molecular formula is C18H20ClN3O3S. The Hall–Kier alpha value is -2.12. The molecule has 1 aromatic heterocycles. The molecule has 3 rings (SSSR count). The van der Waals surface area contributed by atoms with E-state index in [9.17, 15) is 9.59 Å². The molecule has 1 unspecified atom stereocenters.